The molecule has 1 heterocycles. The van der Waals surface area contributed by atoms with Gasteiger partial charge in [0.15, 0.2) is 0 Å². The summed E-state index contributed by atoms with van der Waals surface area (Å²) in [5.74, 6) is 0. The minimum Gasteiger partial charge on any atom is -0.387 e. The summed E-state index contributed by atoms with van der Waals surface area (Å²) in [6.07, 6.45) is 0. The van der Waals surface area contributed by atoms with E-state index in [0.29, 0.717) is 12.2 Å². The maximum Gasteiger partial charge on any atom is 0.242 e. The minimum atomic E-state index is -3.50. The van der Waals surface area contributed by atoms with Gasteiger partial charge >= 0.3 is 0 Å². The Hall–Kier alpha value is -1.37. The zero-order chi connectivity index (χ0) is 13.9. The van der Waals surface area contributed by atoms with Gasteiger partial charge < -0.3 is 5.32 Å². The van der Waals surface area contributed by atoms with Crippen molar-refractivity contribution in [2.45, 2.75) is 18.4 Å². The molecule has 2 aromatic rings. The molecule has 2 N–H and O–H groups in total. The second kappa shape index (κ2) is 5.73. The number of hydrogen-bond donors (Lipinski definition) is 2. The summed E-state index contributed by atoms with van der Waals surface area (Å²) < 4.78 is 27.2. The summed E-state index contributed by atoms with van der Waals surface area (Å²) >= 11 is 1.55. The van der Waals surface area contributed by atoms with Crippen LogP contribution in [0.2, 0.25) is 0 Å². The number of nitrogens with one attached hydrogen (secondary N) is 2. The monoisotopic (exact) mass is 296 g/mol. The van der Waals surface area contributed by atoms with E-state index in [0.717, 1.165) is 10.4 Å². The highest BCUT2D eigenvalue weighted by Gasteiger charge is 2.17. The van der Waals surface area contributed by atoms with Crippen LogP contribution in [0.5, 0.6) is 0 Å². The van der Waals surface area contributed by atoms with Crippen LogP contribution in [0.25, 0.3) is 0 Å². The van der Waals surface area contributed by atoms with Crippen molar-refractivity contribution in [3.8, 4) is 0 Å². The van der Waals surface area contributed by atoms with Crippen molar-refractivity contribution in [3.05, 3.63) is 46.2 Å². The Bertz CT molecular complexity index is 663. The fourth-order valence-electron chi connectivity index (χ4n) is 1.73. The molecule has 0 saturated carbocycles. The molecule has 0 radical (unpaired) electrons. The molecule has 19 heavy (non-hydrogen) atoms. The van der Waals surface area contributed by atoms with Gasteiger partial charge in [0, 0.05) is 18.5 Å². The van der Waals surface area contributed by atoms with Gasteiger partial charge in [0.1, 0.15) is 4.90 Å². The van der Waals surface area contributed by atoms with E-state index < -0.39 is 10.0 Å². The Labute approximate surface area is 117 Å². The van der Waals surface area contributed by atoms with Crippen LogP contribution in [0.4, 0.5) is 5.69 Å². The van der Waals surface area contributed by atoms with Crippen molar-refractivity contribution < 1.29 is 8.42 Å². The van der Waals surface area contributed by atoms with E-state index in [9.17, 15) is 8.42 Å². The van der Waals surface area contributed by atoms with E-state index >= 15 is 0 Å². The van der Waals surface area contributed by atoms with Crippen LogP contribution in [0.1, 0.15) is 10.4 Å². The lowest BCUT2D eigenvalue weighted by Crippen LogP contribution is -2.23. The van der Waals surface area contributed by atoms with Crippen LogP contribution in [-0.2, 0) is 16.6 Å². The van der Waals surface area contributed by atoms with Crippen LogP contribution in [-0.4, -0.2) is 15.5 Å². The lowest BCUT2D eigenvalue weighted by Gasteiger charge is -2.10. The second-order valence-corrected chi connectivity index (χ2v) is 6.83. The molecule has 0 bridgehead atoms. The predicted molar refractivity (Wildman–Crippen MR) is 79.1 cm³/mol. The molecule has 0 unspecified atom stereocenters. The van der Waals surface area contributed by atoms with E-state index in [-0.39, 0.29) is 4.90 Å². The highest BCUT2D eigenvalue weighted by molar-refractivity contribution is 7.89. The lowest BCUT2D eigenvalue weighted by atomic mass is 10.3. The van der Waals surface area contributed by atoms with Crippen LogP contribution < -0.4 is 10.0 Å². The summed E-state index contributed by atoms with van der Waals surface area (Å²) in [5.41, 5.74) is 1.70. The third-order valence-electron chi connectivity index (χ3n) is 2.84. The molecule has 1 aromatic heterocycles. The number of anilines is 1. The quantitative estimate of drug-likeness (QED) is 0.891. The molecule has 0 amide bonds. The molecule has 0 aliphatic rings. The topological polar surface area (TPSA) is 58.2 Å². The minimum absolute atomic E-state index is 0.270. The third-order valence-corrected chi connectivity index (χ3v) is 5.32. The Morgan fingerprint density at radius 3 is 2.58 bits per heavy atom. The number of rotatable bonds is 5. The van der Waals surface area contributed by atoms with E-state index in [1.165, 1.54) is 0 Å². The van der Waals surface area contributed by atoms with E-state index in [1.54, 1.807) is 42.6 Å². The zero-order valence-electron chi connectivity index (χ0n) is 10.8. The maximum atomic E-state index is 12.3. The number of hydrogen-bond acceptors (Lipinski definition) is 4. The highest BCUT2D eigenvalue weighted by atomic mass is 32.2. The largest absolute Gasteiger partial charge is 0.387 e. The SMILES string of the molecule is CNc1ccccc1S(=O)(=O)NCc1sccc1C. The molecule has 0 saturated heterocycles. The smallest absolute Gasteiger partial charge is 0.242 e. The van der Waals surface area contributed by atoms with Gasteiger partial charge in [-0.1, -0.05) is 12.1 Å². The first kappa shape index (κ1) is 14.0. The molecule has 1 aromatic carbocycles. The van der Waals surface area contributed by atoms with Gasteiger partial charge in [-0.2, -0.15) is 0 Å². The van der Waals surface area contributed by atoms with Crippen molar-refractivity contribution in [3.63, 3.8) is 0 Å². The molecule has 0 fully saturated rings. The Balaban J connectivity index is 2.21. The van der Waals surface area contributed by atoms with Gasteiger partial charge in [0.05, 0.1) is 5.69 Å². The van der Waals surface area contributed by atoms with Crippen LogP contribution in [0, 0.1) is 6.92 Å². The van der Waals surface area contributed by atoms with Gasteiger partial charge in [-0.05, 0) is 36.1 Å². The molecule has 0 aliphatic heterocycles. The van der Waals surface area contributed by atoms with Crippen molar-refractivity contribution in [1.82, 2.24) is 4.72 Å². The average molecular weight is 296 g/mol. The standard InChI is InChI=1S/C13H16N2O2S2/c1-10-7-8-18-12(10)9-15-19(16,17)13-6-4-3-5-11(13)14-2/h3-8,14-15H,9H2,1-2H3. The van der Waals surface area contributed by atoms with Crippen molar-refractivity contribution in [1.29, 1.82) is 0 Å². The fraction of sp³-hybridized carbons (Fsp3) is 0.231. The van der Waals surface area contributed by atoms with Gasteiger partial charge in [-0.3, -0.25) is 0 Å². The van der Waals surface area contributed by atoms with Gasteiger partial charge in [-0.25, -0.2) is 13.1 Å². The third kappa shape index (κ3) is 3.15. The Morgan fingerprint density at radius 2 is 1.95 bits per heavy atom. The number of thiophene rings is 1. The molecule has 0 atom stereocenters. The van der Waals surface area contributed by atoms with Crippen LogP contribution in [0.3, 0.4) is 0 Å². The van der Waals surface area contributed by atoms with E-state index in [2.05, 4.69) is 10.0 Å². The molecular weight excluding hydrogens is 280 g/mol. The average Bonchev–Trinajstić information content (AvgIpc) is 2.82. The van der Waals surface area contributed by atoms with Gasteiger partial charge in [0.25, 0.3) is 0 Å². The Morgan fingerprint density at radius 1 is 1.21 bits per heavy atom. The van der Waals surface area contributed by atoms with Crippen molar-refractivity contribution in [2.24, 2.45) is 0 Å². The summed E-state index contributed by atoms with van der Waals surface area (Å²) in [5, 5.41) is 4.85. The predicted octanol–water partition coefficient (Wildman–Crippen LogP) is 2.58. The summed E-state index contributed by atoms with van der Waals surface area (Å²) in [4.78, 5) is 1.30. The molecule has 2 rings (SSSR count). The molecule has 102 valence electrons. The van der Waals surface area contributed by atoms with Crippen molar-refractivity contribution >= 4 is 27.0 Å². The summed E-state index contributed by atoms with van der Waals surface area (Å²) in [6.45, 7) is 2.30. The number of benzene rings is 1. The second-order valence-electron chi connectivity index (χ2n) is 4.10. The number of sulfonamides is 1. The molecule has 6 heteroatoms. The first-order valence-electron chi connectivity index (χ1n) is 5.84. The van der Waals surface area contributed by atoms with E-state index in [1.807, 2.05) is 18.4 Å². The lowest BCUT2D eigenvalue weighted by molar-refractivity contribution is 0.582. The molecule has 0 aliphatic carbocycles. The molecule has 0 spiro atoms. The van der Waals surface area contributed by atoms with Crippen LogP contribution >= 0.6 is 11.3 Å². The van der Waals surface area contributed by atoms with Gasteiger partial charge in [-0.15, -0.1) is 11.3 Å². The number of aryl methyl sites for hydroxylation is 1. The summed E-state index contributed by atoms with van der Waals surface area (Å²) in [7, 11) is -1.80. The molecular formula is C13H16N2O2S2. The maximum absolute atomic E-state index is 12.3. The highest BCUT2D eigenvalue weighted by Crippen LogP contribution is 2.21. The normalized spacial score (nSPS) is 11.5. The number of para-hydroxylation sites is 1. The fourth-order valence-corrected chi connectivity index (χ4v) is 3.88. The first-order valence-corrected chi connectivity index (χ1v) is 8.20. The van der Waals surface area contributed by atoms with Gasteiger partial charge in [0.2, 0.25) is 10.0 Å². The molecule has 4 nitrogen and oxygen atoms in total. The van der Waals surface area contributed by atoms with Crippen LogP contribution in [0.15, 0.2) is 40.6 Å². The van der Waals surface area contributed by atoms with Crippen molar-refractivity contribution in [2.75, 3.05) is 12.4 Å². The summed E-state index contributed by atoms with van der Waals surface area (Å²) in [6, 6.07) is 8.83. The Kier molecular flexibility index (Phi) is 4.24. The van der Waals surface area contributed by atoms with E-state index in [4.69, 9.17) is 0 Å². The zero-order valence-corrected chi connectivity index (χ0v) is 12.4. The first-order chi connectivity index (χ1) is 9.04.